The molecule has 27 heavy (non-hydrogen) atoms. The van der Waals surface area contributed by atoms with Crippen LogP contribution in [0.2, 0.25) is 0 Å². The van der Waals surface area contributed by atoms with Gasteiger partial charge in [0, 0.05) is 13.6 Å². The minimum Gasteiger partial charge on any atom is -0.344 e. The average molecular weight is 403 g/mol. The molecule has 0 bridgehead atoms. The minimum absolute atomic E-state index is 0. The number of halogens is 1. The third-order valence-electron chi connectivity index (χ3n) is 5.56. The Hall–Kier alpha value is -1.34. The van der Waals surface area contributed by atoms with Gasteiger partial charge in [0.15, 0.2) is 0 Å². The molecule has 1 aliphatic heterocycles. The molecular formula is C19H35ClN4O3. The number of amides is 4. The minimum atomic E-state index is -0.867. The molecule has 8 heteroatoms. The zero-order valence-electron chi connectivity index (χ0n) is 17.4. The van der Waals surface area contributed by atoms with Crippen molar-refractivity contribution in [2.45, 2.75) is 59.4 Å². The first-order valence-corrected chi connectivity index (χ1v) is 9.39. The summed E-state index contributed by atoms with van der Waals surface area (Å²) in [5.74, 6) is -0.177. The number of carbonyl (C=O) groups excluding carboxylic acids is 3. The van der Waals surface area contributed by atoms with Gasteiger partial charge in [-0.1, -0.05) is 34.6 Å². The van der Waals surface area contributed by atoms with Crippen LogP contribution in [0.25, 0.3) is 0 Å². The van der Waals surface area contributed by atoms with E-state index in [9.17, 15) is 14.4 Å². The molecule has 1 heterocycles. The van der Waals surface area contributed by atoms with E-state index in [4.69, 9.17) is 5.73 Å². The Morgan fingerprint density at radius 1 is 1.33 bits per heavy atom. The summed E-state index contributed by atoms with van der Waals surface area (Å²) in [4.78, 5) is 40.7. The quantitative estimate of drug-likeness (QED) is 0.687. The lowest BCUT2D eigenvalue weighted by Crippen LogP contribution is -2.54. The lowest BCUT2D eigenvalue weighted by molar-refractivity contribution is -0.140. The molecule has 2 unspecified atom stereocenters. The number of urea groups is 1. The van der Waals surface area contributed by atoms with Gasteiger partial charge in [0.2, 0.25) is 5.91 Å². The van der Waals surface area contributed by atoms with Crippen LogP contribution < -0.4 is 11.1 Å². The number of nitrogens with one attached hydrogen (secondary N) is 1. The number of nitrogens with two attached hydrogens (primary N) is 1. The summed E-state index contributed by atoms with van der Waals surface area (Å²) < 4.78 is 0. The van der Waals surface area contributed by atoms with E-state index in [-0.39, 0.29) is 41.6 Å². The van der Waals surface area contributed by atoms with Crippen LogP contribution in [0.1, 0.15) is 53.9 Å². The van der Waals surface area contributed by atoms with E-state index in [1.165, 1.54) is 0 Å². The highest BCUT2D eigenvalue weighted by atomic mass is 35.5. The third-order valence-corrected chi connectivity index (χ3v) is 5.56. The molecule has 2 rings (SSSR count). The molecule has 1 saturated heterocycles. The number of nitrogens with zero attached hydrogens (tertiary/aromatic N) is 2. The second-order valence-electron chi connectivity index (χ2n) is 9.88. The molecule has 0 aromatic rings. The predicted molar refractivity (Wildman–Crippen MR) is 107 cm³/mol. The van der Waals surface area contributed by atoms with Crippen LogP contribution in [0, 0.1) is 16.7 Å². The number of rotatable bonds is 5. The number of hydrogen-bond acceptors (Lipinski definition) is 4. The molecule has 7 nitrogen and oxygen atoms in total. The zero-order valence-corrected chi connectivity index (χ0v) is 18.2. The van der Waals surface area contributed by atoms with Crippen molar-refractivity contribution in [2.75, 3.05) is 26.7 Å². The Morgan fingerprint density at radius 2 is 1.93 bits per heavy atom. The van der Waals surface area contributed by atoms with Crippen molar-refractivity contribution in [3.05, 3.63) is 0 Å². The van der Waals surface area contributed by atoms with Crippen molar-refractivity contribution in [3.63, 3.8) is 0 Å². The van der Waals surface area contributed by atoms with Gasteiger partial charge in [-0.15, -0.1) is 12.4 Å². The van der Waals surface area contributed by atoms with Gasteiger partial charge in [0.1, 0.15) is 12.1 Å². The number of likely N-dealkylation sites (N-methyl/N-ethyl adjacent to an activating group) is 1. The molecule has 0 aromatic heterocycles. The fourth-order valence-corrected chi connectivity index (χ4v) is 4.70. The number of hydrogen-bond donors (Lipinski definition) is 2. The number of carbonyl (C=O) groups is 3. The Kier molecular flexibility index (Phi) is 6.98. The monoisotopic (exact) mass is 402 g/mol. The van der Waals surface area contributed by atoms with Crippen LogP contribution in [-0.2, 0) is 9.59 Å². The Morgan fingerprint density at radius 3 is 2.44 bits per heavy atom. The summed E-state index contributed by atoms with van der Waals surface area (Å²) in [5.41, 5.74) is 4.62. The maximum absolute atomic E-state index is 13.1. The summed E-state index contributed by atoms with van der Waals surface area (Å²) in [5, 5.41) is 2.91. The largest absolute Gasteiger partial charge is 0.344 e. The second-order valence-corrected chi connectivity index (χ2v) is 9.88. The Labute approximate surface area is 168 Å². The van der Waals surface area contributed by atoms with Gasteiger partial charge in [-0.3, -0.25) is 14.5 Å². The van der Waals surface area contributed by atoms with E-state index in [2.05, 4.69) is 26.1 Å². The fourth-order valence-electron chi connectivity index (χ4n) is 4.70. The van der Waals surface area contributed by atoms with Gasteiger partial charge in [0.25, 0.3) is 5.91 Å². The Balaban J connectivity index is 0.00000364. The summed E-state index contributed by atoms with van der Waals surface area (Å²) in [6.45, 7) is 11.0. The van der Waals surface area contributed by atoms with Gasteiger partial charge < -0.3 is 16.0 Å². The fraction of sp³-hybridized carbons (Fsp3) is 0.842. The molecule has 2 aliphatic rings. The van der Waals surface area contributed by atoms with Crippen LogP contribution >= 0.6 is 12.4 Å². The van der Waals surface area contributed by atoms with Crippen molar-refractivity contribution in [1.29, 1.82) is 0 Å². The van der Waals surface area contributed by atoms with Crippen molar-refractivity contribution >= 4 is 30.3 Å². The first-order valence-electron chi connectivity index (χ1n) is 9.39. The molecule has 0 aromatic carbocycles. The number of imide groups is 1. The normalized spacial score (nSPS) is 27.4. The molecule has 3 N–H and O–H groups in total. The summed E-state index contributed by atoms with van der Waals surface area (Å²) in [6, 6.07) is -0.459. The molecule has 4 amide bonds. The standard InChI is InChI=1S/C19H34N4O3.ClH/c1-13-7-17(2,3)10-19(8-13)15(25)23(16(26)21-19)9-14(24)22(6)12-18(4,5)11-20;/h13H,7-12,20H2,1-6H3,(H,21,26);1H. The van der Waals surface area contributed by atoms with Crippen LogP contribution in [0.3, 0.4) is 0 Å². The first kappa shape index (κ1) is 23.7. The highest BCUT2D eigenvalue weighted by molar-refractivity contribution is 6.09. The van der Waals surface area contributed by atoms with Crippen molar-refractivity contribution < 1.29 is 14.4 Å². The SMILES string of the molecule is CC1CC(C)(C)CC2(C1)NC(=O)N(CC(=O)N(C)CC(C)(C)CN)C2=O.Cl. The van der Waals surface area contributed by atoms with E-state index in [0.29, 0.717) is 31.8 Å². The molecule has 1 spiro atoms. The zero-order chi connectivity index (χ0) is 19.9. The smallest absolute Gasteiger partial charge is 0.325 e. The highest BCUT2D eigenvalue weighted by Crippen LogP contribution is 2.46. The first-order chi connectivity index (χ1) is 11.8. The van der Waals surface area contributed by atoms with Crippen molar-refractivity contribution in [3.8, 4) is 0 Å². The molecule has 2 fully saturated rings. The van der Waals surface area contributed by atoms with Gasteiger partial charge in [-0.2, -0.15) is 0 Å². The van der Waals surface area contributed by atoms with Crippen LogP contribution in [0.5, 0.6) is 0 Å². The third kappa shape index (κ3) is 5.13. The molecule has 1 aliphatic carbocycles. The summed E-state index contributed by atoms with van der Waals surface area (Å²) in [7, 11) is 1.68. The van der Waals surface area contributed by atoms with Crippen LogP contribution in [0.4, 0.5) is 4.79 Å². The molecule has 2 atom stereocenters. The highest BCUT2D eigenvalue weighted by Gasteiger charge is 2.56. The lowest BCUT2D eigenvalue weighted by atomic mass is 9.64. The van der Waals surface area contributed by atoms with Gasteiger partial charge in [-0.25, -0.2) is 4.79 Å². The second kappa shape index (κ2) is 7.95. The average Bonchev–Trinajstić information content (AvgIpc) is 2.68. The lowest BCUT2D eigenvalue weighted by Gasteiger charge is -2.43. The topological polar surface area (TPSA) is 95.7 Å². The maximum atomic E-state index is 13.1. The predicted octanol–water partition coefficient (Wildman–Crippen LogP) is 1.99. The van der Waals surface area contributed by atoms with E-state index < -0.39 is 11.6 Å². The maximum Gasteiger partial charge on any atom is 0.325 e. The van der Waals surface area contributed by atoms with Crippen molar-refractivity contribution in [2.24, 2.45) is 22.5 Å². The Bertz CT molecular complexity index is 608. The van der Waals surface area contributed by atoms with Gasteiger partial charge in [-0.05, 0) is 42.6 Å². The van der Waals surface area contributed by atoms with Crippen molar-refractivity contribution in [1.82, 2.24) is 15.1 Å². The summed E-state index contributed by atoms with van der Waals surface area (Å²) >= 11 is 0. The summed E-state index contributed by atoms with van der Waals surface area (Å²) in [6.07, 6.45) is 2.26. The van der Waals surface area contributed by atoms with Crippen LogP contribution in [0.15, 0.2) is 0 Å². The van der Waals surface area contributed by atoms with E-state index in [1.54, 1.807) is 11.9 Å². The molecule has 1 saturated carbocycles. The molecular weight excluding hydrogens is 368 g/mol. The molecule has 0 radical (unpaired) electrons. The van der Waals surface area contributed by atoms with Crippen LogP contribution in [-0.4, -0.2) is 59.9 Å². The van der Waals surface area contributed by atoms with E-state index >= 15 is 0 Å². The molecule has 156 valence electrons. The van der Waals surface area contributed by atoms with Gasteiger partial charge in [0.05, 0.1) is 0 Å². The van der Waals surface area contributed by atoms with E-state index in [1.807, 2.05) is 13.8 Å². The van der Waals surface area contributed by atoms with Gasteiger partial charge >= 0.3 is 6.03 Å². The van der Waals surface area contributed by atoms with E-state index in [0.717, 1.165) is 11.3 Å².